The van der Waals surface area contributed by atoms with Crippen molar-refractivity contribution in [2.75, 3.05) is 0 Å². The molecule has 24 heavy (non-hydrogen) atoms. The molecule has 1 unspecified atom stereocenters. The van der Waals surface area contributed by atoms with E-state index in [0.717, 1.165) is 12.1 Å². The Morgan fingerprint density at radius 3 is 2.29 bits per heavy atom. The highest BCUT2D eigenvalue weighted by Gasteiger charge is 2.30. The molecule has 0 fully saturated rings. The smallest absolute Gasteiger partial charge is 0.380 e. The SMILES string of the molecule is OC(c1ccccc1)c1nncn1Cc1ccc(C(F)(F)F)cc1. The van der Waals surface area contributed by atoms with Crippen LogP contribution in [0.5, 0.6) is 0 Å². The summed E-state index contributed by atoms with van der Waals surface area (Å²) in [4.78, 5) is 0. The number of nitrogens with zero attached hydrogens (tertiary/aromatic N) is 3. The van der Waals surface area contributed by atoms with Gasteiger partial charge in [0.15, 0.2) is 5.82 Å². The highest BCUT2D eigenvalue weighted by molar-refractivity contribution is 5.26. The lowest BCUT2D eigenvalue weighted by atomic mass is 10.1. The van der Waals surface area contributed by atoms with Gasteiger partial charge in [-0.25, -0.2) is 0 Å². The lowest BCUT2D eigenvalue weighted by molar-refractivity contribution is -0.137. The molecule has 0 amide bonds. The molecule has 1 heterocycles. The summed E-state index contributed by atoms with van der Waals surface area (Å²) in [6.45, 7) is 0.268. The van der Waals surface area contributed by atoms with Gasteiger partial charge in [0.1, 0.15) is 12.4 Å². The van der Waals surface area contributed by atoms with Gasteiger partial charge in [-0.15, -0.1) is 10.2 Å². The Hall–Kier alpha value is -2.67. The van der Waals surface area contributed by atoms with Gasteiger partial charge >= 0.3 is 6.18 Å². The predicted molar refractivity (Wildman–Crippen MR) is 81.1 cm³/mol. The summed E-state index contributed by atoms with van der Waals surface area (Å²) in [5, 5.41) is 18.1. The molecule has 3 aromatic rings. The van der Waals surface area contributed by atoms with Crippen LogP contribution in [-0.4, -0.2) is 19.9 Å². The number of rotatable bonds is 4. The monoisotopic (exact) mass is 333 g/mol. The first kappa shape index (κ1) is 16.2. The summed E-state index contributed by atoms with van der Waals surface area (Å²) in [5.41, 5.74) is 0.628. The Bertz CT molecular complexity index is 798. The van der Waals surface area contributed by atoms with Crippen molar-refractivity contribution in [1.29, 1.82) is 0 Å². The van der Waals surface area contributed by atoms with Crippen molar-refractivity contribution in [3.63, 3.8) is 0 Å². The quantitative estimate of drug-likeness (QED) is 0.796. The van der Waals surface area contributed by atoms with Crippen LogP contribution in [0.2, 0.25) is 0 Å². The lowest BCUT2D eigenvalue weighted by Crippen LogP contribution is -2.11. The van der Waals surface area contributed by atoms with Gasteiger partial charge in [0.25, 0.3) is 0 Å². The minimum atomic E-state index is -4.36. The largest absolute Gasteiger partial charge is 0.416 e. The van der Waals surface area contributed by atoms with E-state index in [1.165, 1.54) is 18.5 Å². The Kier molecular flexibility index (Phi) is 4.35. The van der Waals surface area contributed by atoms with E-state index >= 15 is 0 Å². The third kappa shape index (κ3) is 3.46. The van der Waals surface area contributed by atoms with Gasteiger partial charge in [0.2, 0.25) is 0 Å². The van der Waals surface area contributed by atoms with E-state index < -0.39 is 17.8 Å². The van der Waals surface area contributed by atoms with Crippen LogP contribution in [-0.2, 0) is 12.7 Å². The first-order valence-corrected chi connectivity index (χ1v) is 7.22. The molecule has 0 bridgehead atoms. The molecule has 2 aromatic carbocycles. The maximum atomic E-state index is 12.6. The van der Waals surface area contributed by atoms with Crippen LogP contribution in [0, 0.1) is 0 Å². The molecule has 0 aliphatic rings. The zero-order valence-electron chi connectivity index (χ0n) is 12.5. The summed E-state index contributed by atoms with van der Waals surface area (Å²) >= 11 is 0. The normalized spacial score (nSPS) is 13.0. The first-order valence-electron chi connectivity index (χ1n) is 7.22. The van der Waals surface area contributed by atoms with Crippen LogP contribution in [0.3, 0.4) is 0 Å². The molecular weight excluding hydrogens is 319 g/mol. The van der Waals surface area contributed by atoms with Crippen LogP contribution < -0.4 is 0 Å². The van der Waals surface area contributed by atoms with Crippen molar-refractivity contribution in [3.8, 4) is 0 Å². The molecule has 0 aliphatic heterocycles. The zero-order chi connectivity index (χ0) is 17.2. The summed E-state index contributed by atoms with van der Waals surface area (Å²) in [7, 11) is 0. The number of alkyl halides is 3. The van der Waals surface area contributed by atoms with E-state index in [1.54, 1.807) is 28.8 Å². The molecule has 0 saturated heterocycles. The predicted octanol–water partition coefficient (Wildman–Crippen LogP) is 3.43. The van der Waals surface area contributed by atoms with Crippen LogP contribution in [0.15, 0.2) is 60.9 Å². The number of hydrogen-bond donors (Lipinski definition) is 1. The Morgan fingerprint density at radius 1 is 1.00 bits per heavy atom. The third-order valence-corrected chi connectivity index (χ3v) is 3.64. The summed E-state index contributed by atoms with van der Waals surface area (Å²) in [6, 6.07) is 13.8. The van der Waals surface area contributed by atoms with Crippen molar-refractivity contribution in [2.24, 2.45) is 0 Å². The lowest BCUT2D eigenvalue weighted by Gasteiger charge is -2.13. The van der Waals surface area contributed by atoms with Crippen molar-refractivity contribution >= 4 is 0 Å². The number of aromatic nitrogens is 3. The number of benzene rings is 2. The molecular formula is C17H14F3N3O. The van der Waals surface area contributed by atoms with Gasteiger partial charge in [0.05, 0.1) is 12.1 Å². The number of hydrogen-bond acceptors (Lipinski definition) is 3. The van der Waals surface area contributed by atoms with Gasteiger partial charge in [-0.2, -0.15) is 13.2 Å². The molecule has 0 saturated carbocycles. The summed E-state index contributed by atoms with van der Waals surface area (Å²) in [6.07, 6.45) is -3.87. The average Bonchev–Trinajstić information content (AvgIpc) is 3.03. The molecule has 124 valence electrons. The highest BCUT2D eigenvalue weighted by atomic mass is 19.4. The van der Waals surface area contributed by atoms with Crippen LogP contribution in [0.4, 0.5) is 13.2 Å². The maximum Gasteiger partial charge on any atom is 0.416 e. The van der Waals surface area contributed by atoms with E-state index in [1.807, 2.05) is 6.07 Å². The molecule has 0 aliphatic carbocycles. The maximum absolute atomic E-state index is 12.6. The molecule has 7 heteroatoms. The van der Waals surface area contributed by atoms with Gasteiger partial charge in [-0.05, 0) is 23.3 Å². The molecule has 3 rings (SSSR count). The Morgan fingerprint density at radius 2 is 1.67 bits per heavy atom. The van der Waals surface area contributed by atoms with Gasteiger partial charge in [0, 0.05) is 0 Å². The standard InChI is InChI=1S/C17H14F3N3O/c18-17(19,20)14-8-6-12(7-9-14)10-23-11-21-22-16(23)15(24)13-4-2-1-3-5-13/h1-9,11,15,24H,10H2. The van der Waals surface area contributed by atoms with E-state index in [2.05, 4.69) is 10.2 Å². The van der Waals surface area contributed by atoms with Crippen molar-refractivity contribution in [3.05, 3.63) is 83.4 Å². The van der Waals surface area contributed by atoms with Gasteiger partial charge in [-0.3, -0.25) is 0 Å². The average molecular weight is 333 g/mol. The van der Waals surface area contributed by atoms with Crippen molar-refractivity contribution in [2.45, 2.75) is 18.8 Å². The van der Waals surface area contributed by atoms with Crippen LogP contribution in [0.25, 0.3) is 0 Å². The fourth-order valence-electron chi connectivity index (χ4n) is 2.38. The third-order valence-electron chi connectivity index (χ3n) is 3.64. The molecule has 1 N–H and O–H groups in total. The second-order valence-corrected chi connectivity index (χ2v) is 5.32. The van der Waals surface area contributed by atoms with E-state index in [0.29, 0.717) is 17.0 Å². The fraction of sp³-hybridized carbons (Fsp3) is 0.176. The number of aliphatic hydroxyl groups excluding tert-OH is 1. The second kappa shape index (κ2) is 6.45. The Labute approximate surface area is 136 Å². The van der Waals surface area contributed by atoms with E-state index in [-0.39, 0.29) is 6.54 Å². The van der Waals surface area contributed by atoms with Crippen molar-refractivity contribution < 1.29 is 18.3 Å². The summed E-state index contributed by atoms with van der Waals surface area (Å²) < 4.78 is 39.4. The molecule has 1 aromatic heterocycles. The summed E-state index contributed by atoms with van der Waals surface area (Å²) in [5.74, 6) is 0.334. The second-order valence-electron chi connectivity index (χ2n) is 5.32. The first-order chi connectivity index (χ1) is 11.4. The van der Waals surface area contributed by atoms with E-state index in [4.69, 9.17) is 0 Å². The topological polar surface area (TPSA) is 50.9 Å². The highest BCUT2D eigenvalue weighted by Crippen LogP contribution is 2.29. The molecule has 4 nitrogen and oxygen atoms in total. The minimum Gasteiger partial charge on any atom is -0.380 e. The van der Waals surface area contributed by atoms with Gasteiger partial charge < -0.3 is 9.67 Å². The van der Waals surface area contributed by atoms with Crippen LogP contribution >= 0.6 is 0 Å². The minimum absolute atomic E-state index is 0.268. The Balaban J connectivity index is 1.81. The van der Waals surface area contributed by atoms with Crippen LogP contribution in [0.1, 0.15) is 28.6 Å². The fourth-order valence-corrected chi connectivity index (χ4v) is 2.38. The molecule has 1 atom stereocenters. The number of halogens is 3. The zero-order valence-corrected chi connectivity index (χ0v) is 12.5. The van der Waals surface area contributed by atoms with Gasteiger partial charge in [-0.1, -0.05) is 42.5 Å². The molecule has 0 spiro atoms. The molecule has 0 radical (unpaired) electrons. The van der Waals surface area contributed by atoms with Crippen molar-refractivity contribution in [1.82, 2.24) is 14.8 Å². The van der Waals surface area contributed by atoms with E-state index in [9.17, 15) is 18.3 Å². The number of aliphatic hydroxyl groups is 1.